The van der Waals surface area contributed by atoms with E-state index in [0.29, 0.717) is 18.7 Å². The Morgan fingerprint density at radius 2 is 1.77 bits per heavy atom. The summed E-state index contributed by atoms with van der Waals surface area (Å²) >= 11 is 0. The molecule has 0 fully saturated rings. The van der Waals surface area contributed by atoms with Crippen LogP contribution in [-0.2, 0) is 16.1 Å². The van der Waals surface area contributed by atoms with Crippen LogP contribution in [0.1, 0.15) is 49.3 Å². The fourth-order valence-corrected chi connectivity index (χ4v) is 5.02. The molecule has 0 saturated heterocycles. The maximum Gasteiger partial charge on any atom is 0.337 e. The molecule has 0 spiro atoms. The van der Waals surface area contributed by atoms with Crippen molar-refractivity contribution in [2.75, 3.05) is 18.5 Å². The van der Waals surface area contributed by atoms with Crippen molar-refractivity contribution in [3.8, 4) is 11.1 Å². The van der Waals surface area contributed by atoms with Gasteiger partial charge in [0, 0.05) is 36.8 Å². The largest absolute Gasteiger partial charge is 0.479 e. The third kappa shape index (κ3) is 4.28. The summed E-state index contributed by atoms with van der Waals surface area (Å²) in [7, 11) is 1.41. The summed E-state index contributed by atoms with van der Waals surface area (Å²) in [5, 5.41) is 30.7. The van der Waals surface area contributed by atoms with Crippen LogP contribution in [-0.4, -0.2) is 51.1 Å². The lowest BCUT2D eigenvalue weighted by Gasteiger charge is -2.36. The van der Waals surface area contributed by atoms with Gasteiger partial charge in [0.1, 0.15) is 0 Å². The minimum Gasteiger partial charge on any atom is -0.479 e. The number of carbonyl (C=O) groups is 1. The van der Waals surface area contributed by atoms with Gasteiger partial charge in [-0.05, 0) is 64.3 Å². The average molecular weight is 479 g/mol. The van der Waals surface area contributed by atoms with Crippen molar-refractivity contribution in [2.24, 2.45) is 0 Å². The Kier molecular flexibility index (Phi) is 6.15. The van der Waals surface area contributed by atoms with Gasteiger partial charge in [-0.3, -0.25) is 10.6 Å². The zero-order valence-corrected chi connectivity index (χ0v) is 21.4. The van der Waals surface area contributed by atoms with Crippen molar-refractivity contribution in [2.45, 2.75) is 59.8 Å². The number of anilines is 1. The lowest BCUT2D eigenvalue weighted by Crippen LogP contribution is -2.44. The zero-order chi connectivity index (χ0) is 25.8. The van der Waals surface area contributed by atoms with E-state index in [9.17, 15) is 15.1 Å². The van der Waals surface area contributed by atoms with Crippen LogP contribution in [0.25, 0.3) is 22.0 Å². The van der Waals surface area contributed by atoms with Crippen LogP contribution in [0.3, 0.4) is 0 Å². The number of nitrogens with one attached hydrogen (secondary N) is 1. The van der Waals surface area contributed by atoms with Crippen LogP contribution in [0.15, 0.2) is 30.3 Å². The number of rotatable bonds is 4. The molecule has 1 atom stereocenters. The van der Waals surface area contributed by atoms with E-state index < -0.39 is 17.7 Å². The van der Waals surface area contributed by atoms with Gasteiger partial charge in [-0.15, -0.1) is 0 Å². The molecular formula is C27H34N4O4. The average Bonchev–Trinajstić information content (AvgIpc) is 3.10. The van der Waals surface area contributed by atoms with Gasteiger partial charge in [-0.1, -0.05) is 29.8 Å². The summed E-state index contributed by atoms with van der Waals surface area (Å²) in [6, 6.07) is 10.2. The quantitative estimate of drug-likeness (QED) is 0.269. The fourth-order valence-electron chi connectivity index (χ4n) is 5.02. The number of carboxylic acid groups (broad SMARTS) is 1. The third-order valence-electron chi connectivity index (χ3n) is 6.50. The van der Waals surface area contributed by atoms with Crippen LogP contribution >= 0.6 is 0 Å². The van der Waals surface area contributed by atoms with Gasteiger partial charge in [0.2, 0.25) is 5.96 Å². The standard InChI is InChI=1S/C27H34N4O4/c1-15-8-10-18(11-9-15)21-19-14-16(2)30-12-13-31(26(28)29(7)34)22(23(19)30)17(3)20(21)24(25(32)33)35-27(4,5)6/h8-11,14,24,28,34H,12-13H2,1-7H3,(H,32,33)/t24-/m0/s1. The summed E-state index contributed by atoms with van der Waals surface area (Å²) in [5.41, 5.74) is 6.13. The molecule has 186 valence electrons. The molecule has 0 unspecified atom stereocenters. The molecule has 2 aromatic carbocycles. The summed E-state index contributed by atoms with van der Waals surface area (Å²) in [4.78, 5) is 14.4. The molecule has 2 heterocycles. The Balaban J connectivity index is 2.17. The first-order valence-electron chi connectivity index (χ1n) is 11.7. The first kappa shape index (κ1) is 24.8. The Hall–Kier alpha value is -3.36. The number of hydroxylamine groups is 2. The fraction of sp³-hybridized carbons (Fsp3) is 0.407. The molecule has 3 N–H and O–H groups in total. The van der Waals surface area contributed by atoms with Crippen LogP contribution in [0.5, 0.6) is 0 Å². The molecule has 1 aliphatic heterocycles. The number of ether oxygens (including phenoxy) is 1. The van der Waals surface area contributed by atoms with Crippen molar-refractivity contribution in [1.29, 1.82) is 5.41 Å². The minimum atomic E-state index is -1.22. The van der Waals surface area contributed by atoms with Crippen LogP contribution in [0.2, 0.25) is 0 Å². The van der Waals surface area contributed by atoms with Crippen molar-refractivity contribution >= 4 is 28.5 Å². The second-order valence-electron chi connectivity index (χ2n) is 10.3. The number of benzene rings is 2. The monoisotopic (exact) mass is 478 g/mol. The van der Waals surface area contributed by atoms with Crippen molar-refractivity contribution in [3.63, 3.8) is 0 Å². The Bertz CT molecular complexity index is 1320. The highest BCUT2D eigenvalue weighted by Crippen LogP contribution is 2.48. The number of aliphatic carboxylic acids is 1. The topological polar surface area (TPSA) is 102 Å². The summed E-state index contributed by atoms with van der Waals surface area (Å²) in [6.45, 7) is 12.6. The molecular weight excluding hydrogens is 444 g/mol. The molecule has 3 aromatic rings. The van der Waals surface area contributed by atoms with E-state index in [4.69, 9.17) is 10.1 Å². The maximum absolute atomic E-state index is 12.7. The van der Waals surface area contributed by atoms with Gasteiger partial charge in [-0.2, -0.15) is 0 Å². The van der Waals surface area contributed by atoms with Crippen molar-refractivity contribution in [3.05, 3.63) is 52.7 Å². The van der Waals surface area contributed by atoms with Gasteiger partial charge in [0.25, 0.3) is 0 Å². The molecule has 0 saturated carbocycles. The summed E-state index contributed by atoms with van der Waals surface area (Å²) in [6.07, 6.45) is -1.22. The number of hydrogen-bond acceptors (Lipinski definition) is 4. The number of nitrogens with zero attached hydrogens (tertiary/aromatic N) is 3. The van der Waals surface area contributed by atoms with Crippen LogP contribution < -0.4 is 4.90 Å². The summed E-state index contributed by atoms with van der Waals surface area (Å²) < 4.78 is 8.37. The van der Waals surface area contributed by atoms with Crippen LogP contribution in [0, 0.1) is 26.2 Å². The minimum absolute atomic E-state index is 0.0721. The second-order valence-corrected chi connectivity index (χ2v) is 10.3. The van der Waals surface area contributed by atoms with Gasteiger partial charge < -0.3 is 19.3 Å². The van der Waals surface area contributed by atoms with Gasteiger partial charge in [0.15, 0.2) is 6.10 Å². The Morgan fingerprint density at radius 1 is 1.14 bits per heavy atom. The third-order valence-corrected chi connectivity index (χ3v) is 6.50. The molecule has 1 aliphatic rings. The highest BCUT2D eigenvalue weighted by atomic mass is 16.5. The lowest BCUT2D eigenvalue weighted by atomic mass is 9.87. The first-order chi connectivity index (χ1) is 16.3. The van der Waals surface area contributed by atoms with Crippen LogP contribution in [0.4, 0.5) is 5.69 Å². The van der Waals surface area contributed by atoms with E-state index >= 15 is 0 Å². The molecule has 35 heavy (non-hydrogen) atoms. The highest BCUT2D eigenvalue weighted by Gasteiger charge is 2.37. The smallest absolute Gasteiger partial charge is 0.337 e. The normalized spacial score (nSPS) is 14.3. The highest BCUT2D eigenvalue weighted by molar-refractivity contribution is 6.11. The molecule has 8 nitrogen and oxygen atoms in total. The first-order valence-corrected chi connectivity index (χ1v) is 11.7. The van der Waals surface area contributed by atoms with Crippen molar-refractivity contribution < 1.29 is 19.8 Å². The number of aryl methyl sites for hydroxylation is 2. The van der Waals surface area contributed by atoms with E-state index in [2.05, 4.69) is 10.6 Å². The summed E-state index contributed by atoms with van der Waals surface area (Å²) in [5.74, 6) is -1.15. The second kappa shape index (κ2) is 8.70. The predicted octanol–water partition coefficient (Wildman–Crippen LogP) is 5.25. The molecule has 0 radical (unpaired) electrons. The molecule has 0 bridgehead atoms. The Morgan fingerprint density at radius 3 is 2.31 bits per heavy atom. The van der Waals surface area contributed by atoms with E-state index in [1.165, 1.54) is 7.05 Å². The lowest BCUT2D eigenvalue weighted by molar-refractivity contribution is -0.160. The van der Waals surface area contributed by atoms with Gasteiger partial charge >= 0.3 is 5.97 Å². The number of aromatic nitrogens is 1. The van der Waals surface area contributed by atoms with E-state index in [0.717, 1.165) is 49.6 Å². The van der Waals surface area contributed by atoms with Crippen molar-refractivity contribution in [1.82, 2.24) is 9.63 Å². The van der Waals surface area contributed by atoms with E-state index in [-0.39, 0.29) is 5.96 Å². The molecule has 0 amide bonds. The molecule has 8 heteroatoms. The zero-order valence-electron chi connectivity index (χ0n) is 21.4. The van der Waals surface area contributed by atoms with Gasteiger partial charge in [0.05, 0.1) is 16.8 Å². The van der Waals surface area contributed by atoms with E-state index in [1.807, 2.05) is 65.8 Å². The molecule has 4 rings (SSSR count). The SMILES string of the molecule is Cc1ccc(-c2c([C@H](OC(C)(C)C)C(=O)O)c(C)c3c4c2cc(C)n4CCN3C(=N)N(C)O)cc1. The number of carboxylic acids is 1. The Labute approximate surface area is 205 Å². The molecule has 1 aromatic heterocycles. The number of guanidine groups is 1. The number of hydrogen-bond donors (Lipinski definition) is 3. The predicted molar refractivity (Wildman–Crippen MR) is 137 cm³/mol. The maximum atomic E-state index is 12.7. The molecule has 0 aliphatic carbocycles. The van der Waals surface area contributed by atoms with Gasteiger partial charge in [-0.25, -0.2) is 9.86 Å². The van der Waals surface area contributed by atoms with E-state index in [1.54, 1.807) is 4.90 Å².